The highest BCUT2D eigenvalue weighted by molar-refractivity contribution is 9.10. The lowest BCUT2D eigenvalue weighted by Gasteiger charge is -2.40. The van der Waals surface area contributed by atoms with Crippen LogP contribution in [0.1, 0.15) is 59.8 Å². The van der Waals surface area contributed by atoms with Gasteiger partial charge in [0.05, 0.1) is 4.60 Å². The van der Waals surface area contributed by atoms with Gasteiger partial charge in [0.15, 0.2) is 5.43 Å². The van der Waals surface area contributed by atoms with Gasteiger partial charge in [0.1, 0.15) is 0 Å². The highest BCUT2D eigenvalue weighted by Gasteiger charge is 2.28. The molecule has 3 rings (SSSR count). The molecule has 1 aromatic carbocycles. The normalized spacial score (nSPS) is 18.4. The number of hydrogen-bond acceptors (Lipinski definition) is 4. The molecular formula is C25H34BrClN4O2. The average Bonchev–Trinajstić information content (AvgIpc) is 2.75. The van der Waals surface area contributed by atoms with Crippen LogP contribution < -0.4 is 15.6 Å². The number of rotatable bonds is 7. The molecule has 0 bridgehead atoms. The molecule has 0 unspecified atom stereocenters. The first-order valence-electron chi connectivity index (χ1n) is 11.5. The van der Waals surface area contributed by atoms with Gasteiger partial charge in [-0.25, -0.2) is 0 Å². The molecular weight excluding hydrogens is 504 g/mol. The van der Waals surface area contributed by atoms with E-state index in [1.54, 1.807) is 6.07 Å². The molecule has 6 nitrogen and oxygen atoms in total. The van der Waals surface area contributed by atoms with E-state index in [0.29, 0.717) is 32.8 Å². The topological polar surface area (TPSA) is 68.4 Å². The summed E-state index contributed by atoms with van der Waals surface area (Å²) in [5.74, 6) is -0.240. The van der Waals surface area contributed by atoms with Gasteiger partial charge in [-0.1, -0.05) is 11.6 Å². The number of nitrogens with zero attached hydrogens (tertiary/aromatic N) is 2. The molecule has 0 spiro atoms. The van der Waals surface area contributed by atoms with Crippen LogP contribution in [-0.4, -0.2) is 48.5 Å². The molecule has 2 N–H and O–H groups in total. The summed E-state index contributed by atoms with van der Waals surface area (Å²) in [6.07, 6.45) is 4.57. The Labute approximate surface area is 209 Å². The van der Waals surface area contributed by atoms with Crippen LogP contribution in [0.2, 0.25) is 5.02 Å². The minimum Gasteiger partial charge on any atom is -0.369 e. The van der Waals surface area contributed by atoms with Gasteiger partial charge in [-0.3, -0.25) is 9.59 Å². The molecule has 0 atom stereocenters. The monoisotopic (exact) mass is 536 g/mol. The summed E-state index contributed by atoms with van der Waals surface area (Å²) in [6.45, 7) is 6.92. The number of aromatic nitrogens is 1. The number of carbonyl (C=O) groups is 1. The van der Waals surface area contributed by atoms with Crippen LogP contribution in [0.4, 0.5) is 5.69 Å². The number of carbonyl (C=O) groups excluding carboxylic acids is 1. The molecule has 0 radical (unpaired) electrons. The van der Waals surface area contributed by atoms with Crippen LogP contribution in [0.25, 0.3) is 0 Å². The van der Waals surface area contributed by atoms with E-state index in [1.165, 1.54) is 18.9 Å². The maximum Gasteiger partial charge on any atom is 0.251 e. The summed E-state index contributed by atoms with van der Waals surface area (Å²) >= 11 is 9.87. The zero-order chi connectivity index (χ0) is 24.3. The second-order valence-corrected chi connectivity index (χ2v) is 10.3. The van der Waals surface area contributed by atoms with Crippen LogP contribution in [0, 0.1) is 13.8 Å². The van der Waals surface area contributed by atoms with Gasteiger partial charge < -0.3 is 20.1 Å². The molecule has 1 aliphatic rings. The molecule has 1 fully saturated rings. The van der Waals surface area contributed by atoms with Crippen LogP contribution in [0.15, 0.2) is 27.6 Å². The summed E-state index contributed by atoms with van der Waals surface area (Å²) in [5.41, 5.74) is 3.59. The molecule has 0 aliphatic heterocycles. The Hall–Kier alpha value is -1.83. The van der Waals surface area contributed by atoms with E-state index in [2.05, 4.69) is 57.0 Å². The van der Waals surface area contributed by atoms with E-state index in [0.717, 1.165) is 36.3 Å². The van der Waals surface area contributed by atoms with Crippen LogP contribution in [0.5, 0.6) is 0 Å². The third-order valence-electron chi connectivity index (χ3n) is 6.72. The molecule has 1 aliphatic carbocycles. The number of nitrogens with one attached hydrogen (secondary N) is 2. The number of amides is 1. The Kier molecular flexibility index (Phi) is 8.65. The zero-order valence-electron chi connectivity index (χ0n) is 20.1. The smallest absolute Gasteiger partial charge is 0.251 e. The van der Waals surface area contributed by atoms with E-state index in [-0.39, 0.29) is 17.9 Å². The predicted molar refractivity (Wildman–Crippen MR) is 140 cm³/mol. The van der Waals surface area contributed by atoms with Gasteiger partial charge in [-0.15, -0.1) is 0 Å². The van der Waals surface area contributed by atoms with Crippen molar-refractivity contribution in [1.82, 2.24) is 15.2 Å². The number of pyridine rings is 1. The number of benzene rings is 1. The molecule has 1 heterocycles. The van der Waals surface area contributed by atoms with Gasteiger partial charge in [-0.05, 0) is 94.2 Å². The van der Waals surface area contributed by atoms with Crippen molar-refractivity contribution < 1.29 is 4.79 Å². The lowest BCUT2D eigenvalue weighted by molar-refractivity contribution is 0.0950. The maximum atomic E-state index is 13.1. The molecule has 1 amide bonds. The summed E-state index contributed by atoms with van der Waals surface area (Å²) in [6, 6.07) is 6.27. The van der Waals surface area contributed by atoms with Crippen molar-refractivity contribution in [2.24, 2.45) is 0 Å². The Bertz CT molecular complexity index is 1060. The maximum absolute atomic E-state index is 13.1. The molecule has 1 saturated carbocycles. The molecule has 180 valence electrons. The lowest BCUT2D eigenvalue weighted by Crippen LogP contribution is -2.42. The number of halogens is 2. The van der Waals surface area contributed by atoms with Crippen LogP contribution in [-0.2, 0) is 6.54 Å². The largest absolute Gasteiger partial charge is 0.369 e. The fraction of sp³-hybridized carbons (Fsp3) is 0.520. The molecule has 33 heavy (non-hydrogen) atoms. The number of aromatic amines is 1. The Morgan fingerprint density at radius 1 is 1.15 bits per heavy atom. The van der Waals surface area contributed by atoms with Gasteiger partial charge in [0, 0.05) is 58.8 Å². The minimum atomic E-state index is -0.240. The summed E-state index contributed by atoms with van der Waals surface area (Å²) < 4.78 is 0.585. The number of hydrogen-bond donors (Lipinski definition) is 2. The Balaban J connectivity index is 1.81. The highest BCUT2D eigenvalue weighted by atomic mass is 79.9. The summed E-state index contributed by atoms with van der Waals surface area (Å²) in [7, 11) is 4.30. The van der Waals surface area contributed by atoms with Crippen molar-refractivity contribution in [1.29, 1.82) is 0 Å². The lowest BCUT2D eigenvalue weighted by atomic mass is 9.89. The number of H-pyrrole nitrogens is 1. The summed E-state index contributed by atoms with van der Waals surface area (Å²) in [5, 5.41) is 3.43. The first-order valence-corrected chi connectivity index (χ1v) is 12.7. The van der Waals surface area contributed by atoms with Crippen molar-refractivity contribution in [3.05, 3.63) is 60.4 Å². The van der Waals surface area contributed by atoms with Crippen molar-refractivity contribution in [2.45, 2.75) is 65.1 Å². The zero-order valence-corrected chi connectivity index (χ0v) is 22.4. The van der Waals surface area contributed by atoms with Crippen molar-refractivity contribution in [3.63, 3.8) is 0 Å². The third kappa shape index (κ3) is 6.00. The standard InChI is InChI=1S/C25H34BrClN4O2/c1-6-31(19-9-7-18(8-10-19)30(4)5)22-13-17(27)12-20(16(22)3)25(33)28-14-21-23(32)11-15(2)29-24(21)26/h11-13,18-19H,6-10,14H2,1-5H3,(H,28,33)(H,29,32)/t18-,19-. The summed E-state index contributed by atoms with van der Waals surface area (Å²) in [4.78, 5) is 33.2. The van der Waals surface area contributed by atoms with Gasteiger partial charge in [0.2, 0.25) is 0 Å². The number of anilines is 1. The molecule has 8 heteroatoms. The minimum absolute atomic E-state index is 0.118. The molecule has 0 saturated heterocycles. The average molecular weight is 538 g/mol. The van der Waals surface area contributed by atoms with Crippen LogP contribution >= 0.6 is 27.5 Å². The van der Waals surface area contributed by atoms with E-state index in [9.17, 15) is 9.59 Å². The van der Waals surface area contributed by atoms with Gasteiger partial charge in [-0.2, -0.15) is 0 Å². The Morgan fingerprint density at radius 3 is 2.36 bits per heavy atom. The Morgan fingerprint density at radius 2 is 1.79 bits per heavy atom. The van der Waals surface area contributed by atoms with E-state index >= 15 is 0 Å². The van der Waals surface area contributed by atoms with Gasteiger partial charge in [0.25, 0.3) is 5.91 Å². The van der Waals surface area contributed by atoms with E-state index in [4.69, 9.17) is 11.6 Å². The van der Waals surface area contributed by atoms with Gasteiger partial charge >= 0.3 is 0 Å². The first kappa shape index (κ1) is 25.8. The quantitative estimate of drug-likeness (QED) is 0.486. The first-order chi connectivity index (χ1) is 15.6. The third-order valence-corrected chi connectivity index (χ3v) is 7.61. The fourth-order valence-corrected chi connectivity index (χ4v) is 5.68. The van der Waals surface area contributed by atoms with E-state index < -0.39 is 0 Å². The molecule has 2 aromatic rings. The van der Waals surface area contributed by atoms with E-state index in [1.807, 2.05) is 19.9 Å². The fourth-order valence-electron chi connectivity index (χ4n) is 4.82. The van der Waals surface area contributed by atoms with Crippen molar-refractivity contribution in [2.75, 3.05) is 25.5 Å². The number of aryl methyl sites for hydroxylation is 1. The van der Waals surface area contributed by atoms with Crippen LogP contribution in [0.3, 0.4) is 0 Å². The second kappa shape index (κ2) is 11.1. The highest BCUT2D eigenvalue weighted by Crippen LogP contribution is 2.34. The van der Waals surface area contributed by atoms with Crippen molar-refractivity contribution >= 4 is 39.1 Å². The molecule has 1 aromatic heterocycles. The second-order valence-electron chi connectivity index (χ2n) is 9.10. The SMILES string of the molecule is CCN(c1cc(Cl)cc(C(=O)NCc2c(Br)[nH]c(C)cc2=O)c1C)[C@H]1CC[C@H](N(C)C)CC1. The predicted octanol–water partition coefficient (Wildman–Crippen LogP) is 5.04. The van der Waals surface area contributed by atoms with Crippen molar-refractivity contribution in [3.8, 4) is 0 Å².